The number of hydrogen-bond acceptors (Lipinski definition) is 2. The van der Waals surface area contributed by atoms with Gasteiger partial charge in [-0.2, -0.15) is 0 Å². The average Bonchev–Trinajstić information content (AvgIpc) is 3.12. The summed E-state index contributed by atoms with van der Waals surface area (Å²) in [7, 11) is 0. The Balaban J connectivity index is 1.52. The van der Waals surface area contributed by atoms with Crippen molar-refractivity contribution in [3.63, 3.8) is 0 Å². The molecule has 0 fully saturated rings. The number of carbonyl (C=O) groups is 1. The third kappa shape index (κ3) is 4.11. The fraction of sp³-hybridized carbons (Fsp3) is 0.222. The third-order valence-corrected chi connectivity index (χ3v) is 6.54. The summed E-state index contributed by atoms with van der Waals surface area (Å²) in [6, 6.07) is 24.1. The second-order valence-corrected chi connectivity index (χ2v) is 8.81. The molecule has 0 saturated heterocycles. The summed E-state index contributed by atoms with van der Waals surface area (Å²) in [5.41, 5.74) is 5.76. The van der Waals surface area contributed by atoms with Crippen molar-refractivity contribution in [2.45, 2.75) is 32.4 Å². The molecule has 1 aromatic heterocycles. The van der Waals surface area contributed by atoms with Crippen LogP contribution in [0.25, 0.3) is 10.9 Å². The first kappa shape index (κ1) is 20.7. The van der Waals surface area contributed by atoms with Crippen LogP contribution in [0.1, 0.15) is 28.8 Å². The smallest absolute Gasteiger partial charge is 0.306 e. The third-order valence-electron chi connectivity index (χ3n) is 6.29. The lowest BCUT2D eigenvalue weighted by Crippen LogP contribution is -2.23. The minimum atomic E-state index is -0.717. The van der Waals surface area contributed by atoms with Crippen molar-refractivity contribution < 1.29 is 14.6 Å². The van der Waals surface area contributed by atoms with Gasteiger partial charge in [0.1, 0.15) is 12.4 Å². The molecule has 0 saturated carbocycles. The van der Waals surface area contributed by atoms with E-state index >= 15 is 0 Å². The fourth-order valence-electron chi connectivity index (χ4n) is 4.62. The predicted octanol–water partition coefficient (Wildman–Crippen LogP) is 6.11. The quantitative estimate of drug-likeness (QED) is 0.389. The van der Waals surface area contributed by atoms with Gasteiger partial charge in [0, 0.05) is 28.2 Å². The molecule has 32 heavy (non-hydrogen) atoms. The highest BCUT2D eigenvalue weighted by Crippen LogP contribution is 2.37. The van der Waals surface area contributed by atoms with E-state index in [4.69, 9.17) is 16.3 Å². The topological polar surface area (TPSA) is 51.5 Å². The van der Waals surface area contributed by atoms with Gasteiger partial charge >= 0.3 is 5.97 Å². The van der Waals surface area contributed by atoms with Crippen LogP contribution in [0.5, 0.6) is 5.75 Å². The highest BCUT2D eigenvalue weighted by atomic mass is 35.5. The van der Waals surface area contributed by atoms with Crippen LogP contribution < -0.4 is 4.74 Å². The van der Waals surface area contributed by atoms with Crippen LogP contribution in [-0.4, -0.2) is 15.6 Å². The van der Waals surface area contributed by atoms with Gasteiger partial charge in [0.2, 0.25) is 0 Å². The molecule has 5 rings (SSSR count). The summed E-state index contributed by atoms with van der Waals surface area (Å²) in [6.07, 6.45) is 1.97. The molecule has 0 radical (unpaired) electrons. The van der Waals surface area contributed by atoms with Crippen LogP contribution in [0.15, 0.2) is 72.8 Å². The maximum atomic E-state index is 11.7. The summed E-state index contributed by atoms with van der Waals surface area (Å²) in [5, 5.41) is 11.4. The molecule has 4 aromatic rings. The Bertz CT molecular complexity index is 1260. The molecule has 5 heteroatoms. The highest BCUT2D eigenvalue weighted by Gasteiger charge is 2.29. The van der Waals surface area contributed by atoms with Crippen molar-refractivity contribution in [2.75, 3.05) is 0 Å². The Kier molecular flexibility index (Phi) is 5.62. The number of aromatic nitrogens is 1. The number of aliphatic carboxylic acids is 1. The highest BCUT2D eigenvalue weighted by molar-refractivity contribution is 6.30. The summed E-state index contributed by atoms with van der Waals surface area (Å²) >= 11 is 6.06. The molecule has 4 nitrogen and oxygen atoms in total. The lowest BCUT2D eigenvalue weighted by atomic mass is 9.86. The summed E-state index contributed by atoms with van der Waals surface area (Å²) in [5.74, 6) is -0.262. The van der Waals surface area contributed by atoms with Crippen molar-refractivity contribution >= 4 is 28.5 Å². The van der Waals surface area contributed by atoms with E-state index in [-0.39, 0.29) is 5.92 Å². The van der Waals surface area contributed by atoms with Gasteiger partial charge in [-0.05, 0) is 66.3 Å². The summed E-state index contributed by atoms with van der Waals surface area (Å²) in [6.45, 7) is 1.22. The number of fused-ring (bicyclic) bond motifs is 3. The zero-order valence-corrected chi connectivity index (χ0v) is 18.4. The molecular weight excluding hydrogens is 422 g/mol. The molecule has 1 atom stereocenters. The van der Waals surface area contributed by atoms with Crippen LogP contribution in [0.2, 0.25) is 5.02 Å². The Labute approximate surface area is 192 Å². The molecule has 1 heterocycles. The summed E-state index contributed by atoms with van der Waals surface area (Å²) < 4.78 is 8.39. The maximum Gasteiger partial charge on any atom is 0.306 e. The van der Waals surface area contributed by atoms with Crippen molar-refractivity contribution in [1.82, 2.24) is 4.57 Å². The van der Waals surface area contributed by atoms with Crippen LogP contribution in [-0.2, 0) is 30.8 Å². The van der Waals surface area contributed by atoms with Crippen LogP contribution >= 0.6 is 11.6 Å². The second-order valence-electron chi connectivity index (χ2n) is 8.37. The monoisotopic (exact) mass is 445 g/mol. The van der Waals surface area contributed by atoms with Crippen LogP contribution in [0.3, 0.4) is 0 Å². The average molecular weight is 446 g/mol. The Morgan fingerprint density at radius 1 is 1.03 bits per heavy atom. The standard InChI is InChI=1S/C27H24ClNO3/c28-21-9-6-18(7-10-21)16-29-25-12-8-20(27(30)31)14-23(25)24-15-22(11-13-26(24)29)32-17-19-4-2-1-3-5-19/h1-7,9-11,13,15,20H,8,12,14,16-17H2,(H,30,31). The number of hydrogen-bond donors (Lipinski definition) is 1. The molecule has 1 N–H and O–H groups in total. The largest absolute Gasteiger partial charge is 0.489 e. The van der Waals surface area contributed by atoms with E-state index < -0.39 is 5.97 Å². The van der Waals surface area contributed by atoms with Gasteiger partial charge in [-0.25, -0.2) is 0 Å². The Hall–Kier alpha value is -3.24. The molecule has 162 valence electrons. The van der Waals surface area contributed by atoms with E-state index in [1.54, 1.807) is 0 Å². The Morgan fingerprint density at radius 2 is 1.81 bits per heavy atom. The van der Waals surface area contributed by atoms with E-state index in [0.29, 0.717) is 19.4 Å². The van der Waals surface area contributed by atoms with Gasteiger partial charge < -0.3 is 14.4 Å². The Morgan fingerprint density at radius 3 is 2.56 bits per heavy atom. The van der Waals surface area contributed by atoms with Crippen LogP contribution in [0, 0.1) is 5.92 Å². The van der Waals surface area contributed by atoms with Gasteiger partial charge in [0.25, 0.3) is 0 Å². The number of rotatable bonds is 6. The molecule has 1 unspecified atom stereocenters. The van der Waals surface area contributed by atoms with E-state index in [9.17, 15) is 9.90 Å². The number of halogens is 1. The van der Waals surface area contributed by atoms with Gasteiger partial charge in [0.05, 0.1) is 5.92 Å². The van der Waals surface area contributed by atoms with Crippen molar-refractivity contribution in [2.24, 2.45) is 5.92 Å². The van der Waals surface area contributed by atoms with Crippen LogP contribution in [0.4, 0.5) is 0 Å². The number of ether oxygens (including phenoxy) is 1. The fourth-order valence-corrected chi connectivity index (χ4v) is 4.75. The van der Waals surface area contributed by atoms with Crippen molar-refractivity contribution in [1.29, 1.82) is 0 Å². The number of carboxylic acid groups (broad SMARTS) is 1. The first-order chi connectivity index (χ1) is 15.6. The van der Waals surface area contributed by atoms with Gasteiger partial charge in [-0.3, -0.25) is 4.79 Å². The van der Waals surface area contributed by atoms with Crippen molar-refractivity contribution in [3.8, 4) is 5.75 Å². The zero-order chi connectivity index (χ0) is 22.1. The second kappa shape index (κ2) is 8.71. The molecule has 1 aliphatic carbocycles. The predicted molar refractivity (Wildman–Crippen MR) is 126 cm³/mol. The maximum absolute atomic E-state index is 11.7. The summed E-state index contributed by atoms with van der Waals surface area (Å²) in [4.78, 5) is 11.7. The van der Waals surface area contributed by atoms with E-state index in [1.165, 1.54) is 11.3 Å². The van der Waals surface area contributed by atoms with Gasteiger partial charge in [-0.15, -0.1) is 0 Å². The molecule has 1 aliphatic rings. The zero-order valence-electron chi connectivity index (χ0n) is 17.6. The molecule has 0 amide bonds. The molecule has 0 spiro atoms. The number of carboxylic acids is 1. The molecule has 0 bridgehead atoms. The minimum absolute atomic E-state index is 0.342. The number of nitrogens with zero attached hydrogens (tertiary/aromatic N) is 1. The molecular formula is C27H24ClNO3. The normalized spacial score (nSPS) is 15.5. The first-order valence-electron chi connectivity index (χ1n) is 10.9. The lowest BCUT2D eigenvalue weighted by molar-refractivity contribution is -0.142. The number of benzene rings is 3. The van der Waals surface area contributed by atoms with E-state index in [1.807, 2.05) is 60.7 Å². The first-order valence-corrected chi connectivity index (χ1v) is 11.2. The SMILES string of the molecule is O=C(O)C1CCc2c(c3cc(OCc4ccccc4)ccc3n2Cc2ccc(Cl)cc2)C1. The van der Waals surface area contributed by atoms with Gasteiger partial charge in [0.15, 0.2) is 0 Å². The minimum Gasteiger partial charge on any atom is -0.489 e. The molecule has 3 aromatic carbocycles. The van der Waals surface area contributed by atoms with E-state index in [0.717, 1.165) is 45.8 Å². The van der Waals surface area contributed by atoms with Gasteiger partial charge in [-0.1, -0.05) is 54.1 Å². The molecule has 0 aliphatic heterocycles. The lowest BCUT2D eigenvalue weighted by Gasteiger charge is -2.21. The van der Waals surface area contributed by atoms with Crippen molar-refractivity contribution in [3.05, 3.63) is 100 Å². The van der Waals surface area contributed by atoms with E-state index in [2.05, 4.69) is 16.7 Å².